The number of aryl methyl sites for hydroxylation is 1. The number of nitrogens with one attached hydrogen (secondary N) is 1. The number of rotatable bonds is 9. The van der Waals surface area contributed by atoms with E-state index in [1.54, 1.807) is 7.11 Å². The summed E-state index contributed by atoms with van der Waals surface area (Å²) in [6.07, 6.45) is 2.55. The average molecular weight is 351 g/mol. The van der Waals surface area contributed by atoms with Crippen LogP contribution in [0, 0.1) is 5.82 Å². The van der Waals surface area contributed by atoms with Crippen molar-refractivity contribution >= 4 is 10.0 Å². The van der Waals surface area contributed by atoms with E-state index < -0.39 is 10.0 Å². The van der Waals surface area contributed by atoms with Gasteiger partial charge in [-0.1, -0.05) is 24.3 Å². The van der Waals surface area contributed by atoms with Gasteiger partial charge in [0.2, 0.25) is 10.0 Å². The molecule has 0 saturated heterocycles. The highest BCUT2D eigenvalue weighted by atomic mass is 32.2. The Morgan fingerprint density at radius 1 is 0.958 bits per heavy atom. The molecular formula is C18H22FNO3S. The maximum absolute atomic E-state index is 12.8. The maximum atomic E-state index is 12.8. The van der Waals surface area contributed by atoms with E-state index in [9.17, 15) is 12.8 Å². The number of halogens is 1. The zero-order valence-corrected chi connectivity index (χ0v) is 14.5. The molecule has 130 valence electrons. The van der Waals surface area contributed by atoms with Crippen LogP contribution >= 0.6 is 0 Å². The lowest BCUT2D eigenvalue weighted by atomic mass is 10.1. The highest BCUT2D eigenvalue weighted by Gasteiger charge is 2.10. The second kappa shape index (κ2) is 8.80. The number of ether oxygens (including phenoxy) is 1. The van der Waals surface area contributed by atoms with Crippen molar-refractivity contribution in [1.29, 1.82) is 0 Å². The first kappa shape index (κ1) is 18.4. The van der Waals surface area contributed by atoms with E-state index in [4.69, 9.17) is 4.74 Å². The summed E-state index contributed by atoms with van der Waals surface area (Å²) in [5.41, 5.74) is 1.77. The van der Waals surface area contributed by atoms with Crippen molar-refractivity contribution in [1.82, 2.24) is 4.72 Å². The Balaban J connectivity index is 1.69. The van der Waals surface area contributed by atoms with E-state index in [1.807, 2.05) is 24.3 Å². The number of hydrogen-bond donors (Lipinski definition) is 1. The van der Waals surface area contributed by atoms with Crippen molar-refractivity contribution in [2.45, 2.75) is 25.0 Å². The van der Waals surface area contributed by atoms with Gasteiger partial charge in [-0.25, -0.2) is 17.5 Å². The third-order valence-electron chi connectivity index (χ3n) is 3.64. The van der Waals surface area contributed by atoms with E-state index >= 15 is 0 Å². The number of hydrogen-bond acceptors (Lipinski definition) is 3. The normalized spacial score (nSPS) is 11.4. The number of sulfonamides is 1. The van der Waals surface area contributed by atoms with E-state index in [2.05, 4.69) is 4.72 Å². The Morgan fingerprint density at radius 3 is 2.21 bits per heavy atom. The lowest BCUT2D eigenvalue weighted by Crippen LogP contribution is -2.26. The van der Waals surface area contributed by atoms with Gasteiger partial charge >= 0.3 is 0 Å². The molecule has 0 amide bonds. The van der Waals surface area contributed by atoms with Gasteiger partial charge < -0.3 is 4.74 Å². The van der Waals surface area contributed by atoms with Crippen molar-refractivity contribution < 1.29 is 17.5 Å². The van der Waals surface area contributed by atoms with E-state index in [0.29, 0.717) is 12.1 Å². The van der Waals surface area contributed by atoms with Crippen LogP contribution in [0.25, 0.3) is 0 Å². The molecule has 0 unspecified atom stereocenters. The third kappa shape index (κ3) is 6.29. The molecule has 0 aliphatic heterocycles. The molecule has 0 aliphatic rings. The molecule has 0 radical (unpaired) electrons. The van der Waals surface area contributed by atoms with Gasteiger partial charge in [0, 0.05) is 6.54 Å². The summed E-state index contributed by atoms with van der Waals surface area (Å²) in [4.78, 5) is 0. The number of unbranched alkanes of at least 4 members (excludes halogenated alkanes) is 1. The summed E-state index contributed by atoms with van der Waals surface area (Å²) in [5.74, 6) is 0.320. The maximum Gasteiger partial charge on any atom is 0.215 e. The SMILES string of the molecule is COc1ccc(CCCCNS(=O)(=O)Cc2ccc(F)cc2)cc1. The molecule has 2 aromatic rings. The van der Waals surface area contributed by atoms with Crippen LogP contribution < -0.4 is 9.46 Å². The fraction of sp³-hybridized carbons (Fsp3) is 0.333. The lowest BCUT2D eigenvalue weighted by Gasteiger charge is -2.07. The Morgan fingerprint density at radius 2 is 1.58 bits per heavy atom. The molecule has 2 rings (SSSR count). The first-order valence-corrected chi connectivity index (χ1v) is 9.48. The topological polar surface area (TPSA) is 55.4 Å². The fourth-order valence-corrected chi connectivity index (χ4v) is 3.51. The van der Waals surface area contributed by atoms with Gasteiger partial charge in [-0.15, -0.1) is 0 Å². The minimum Gasteiger partial charge on any atom is -0.497 e. The molecular weight excluding hydrogens is 329 g/mol. The van der Waals surface area contributed by atoms with Crippen molar-refractivity contribution in [2.75, 3.05) is 13.7 Å². The van der Waals surface area contributed by atoms with Gasteiger partial charge in [0.15, 0.2) is 0 Å². The van der Waals surface area contributed by atoms with Crippen LogP contribution in [0.15, 0.2) is 48.5 Å². The molecule has 24 heavy (non-hydrogen) atoms. The highest BCUT2D eigenvalue weighted by Crippen LogP contribution is 2.13. The Labute approximate surface area is 142 Å². The highest BCUT2D eigenvalue weighted by molar-refractivity contribution is 7.88. The molecule has 0 heterocycles. The van der Waals surface area contributed by atoms with Crippen molar-refractivity contribution in [3.05, 3.63) is 65.5 Å². The zero-order valence-electron chi connectivity index (χ0n) is 13.7. The summed E-state index contributed by atoms with van der Waals surface area (Å²) < 4.78 is 44.4. The molecule has 0 aliphatic carbocycles. The lowest BCUT2D eigenvalue weighted by molar-refractivity contribution is 0.414. The molecule has 0 aromatic heterocycles. The van der Waals surface area contributed by atoms with E-state index in [1.165, 1.54) is 29.8 Å². The summed E-state index contributed by atoms with van der Waals surface area (Å²) in [6, 6.07) is 13.4. The Bertz CT molecular complexity index is 728. The Kier molecular flexibility index (Phi) is 6.75. The van der Waals surface area contributed by atoms with Crippen LogP contribution in [0.1, 0.15) is 24.0 Å². The van der Waals surface area contributed by atoms with Crippen LogP contribution in [0.5, 0.6) is 5.75 Å². The summed E-state index contributed by atoms with van der Waals surface area (Å²) in [7, 11) is -1.76. The van der Waals surface area contributed by atoms with Gasteiger partial charge in [-0.05, 0) is 54.7 Å². The first-order valence-electron chi connectivity index (χ1n) is 7.83. The minimum absolute atomic E-state index is 0.133. The minimum atomic E-state index is -3.39. The van der Waals surface area contributed by atoms with Crippen LogP contribution in [0.3, 0.4) is 0 Å². The van der Waals surface area contributed by atoms with E-state index in [0.717, 1.165) is 25.0 Å². The molecule has 4 nitrogen and oxygen atoms in total. The van der Waals surface area contributed by atoms with Gasteiger partial charge in [0.25, 0.3) is 0 Å². The molecule has 1 N–H and O–H groups in total. The standard InChI is InChI=1S/C18H22FNO3S/c1-23-18-11-7-15(8-12-18)4-2-3-13-20-24(21,22)14-16-5-9-17(19)10-6-16/h5-12,20H,2-4,13-14H2,1H3. The van der Waals surface area contributed by atoms with Crippen molar-refractivity contribution in [3.8, 4) is 5.75 Å². The van der Waals surface area contributed by atoms with Crippen LogP contribution in [-0.4, -0.2) is 22.1 Å². The van der Waals surface area contributed by atoms with Crippen molar-refractivity contribution in [3.63, 3.8) is 0 Å². The molecule has 0 saturated carbocycles. The Hall–Kier alpha value is -1.92. The largest absolute Gasteiger partial charge is 0.497 e. The van der Waals surface area contributed by atoms with Crippen LogP contribution in [0.4, 0.5) is 4.39 Å². The monoisotopic (exact) mass is 351 g/mol. The molecule has 0 spiro atoms. The second-order valence-corrected chi connectivity index (χ2v) is 7.39. The molecule has 0 bridgehead atoms. The molecule has 2 aromatic carbocycles. The average Bonchev–Trinajstić information content (AvgIpc) is 2.57. The molecule has 6 heteroatoms. The molecule has 0 atom stereocenters. The first-order chi connectivity index (χ1) is 11.5. The smallest absolute Gasteiger partial charge is 0.215 e. The quantitative estimate of drug-likeness (QED) is 0.706. The summed E-state index contributed by atoms with van der Waals surface area (Å²) in [6.45, 7) is 0.402. The predicted octanol–water partition coefficient (Wildman–Crippen LogP) is 3.28. The van der Waals surface area contributed by atoms with Crippen LogP contribution in [-0.2, 0) is 22.2 Å². The fourth-order valence-electron chi connectivity index (χ4n) is 2.33. The molecule has 0 fully saturated rings. The van der Waals surface area contributed by atoms with E-state index in [-0.39, 0.29) is 11.6 Å². The number of benzene rings is 2. The third-order valence-corrected chi connectivity index (χ3v) is 5.00. The van der Waals surface area contributed by atoms with Gasteiger partial charge in [0.1, 0.15) is 11.6 Å². The van der Waals surface area contributed by atoms with Crippen LogP contribution in [0.2, 0.25) is 0 Å². The summed E-state index contributed by atoms with van der Waals surface area (Å²) >= 11 is 0. The predicted molar refractivity (Wildman–Crippen MR) is 93.0 cm³/mol. The van der Waals surface area contributed by atoms with Crippen molar-refractivity contribution in [2.24, 2.45) is 0 Å². The van der Waals surface area contributed by atoms with Gasteiger partial charge in [-0.2, -0.15) is 0 Å². The number of methoxy groups -OCH3 is 1. The second-order valence-electron chi connectivity index (χ2n) is 5.59. The summed E-state index contributed by atoms with van der Waals surface area (Å²) in [5, 5.41) is 0. The van der Waals surface area contributed by atoms with Gasteiger partial charge in [0.05, 0.1) is 12.9 Å². The zero-order chi connectivity index (χ0) is 17.4. The van der Waals surface area contributed by atoms with Gasteiger partial charge in [-0.3, -0.25) is 0 Å².